The molecule has 0 aromatic heterocycles. The first-order chi connectivity index (χ1) is 12.8. The topological polar surface area (TPSA) is 50.4 Å². The Labute approximate surface area is 160 Å². The van der Waals surface area contributed by atoms with Crippen molar-refractivity contribution in [3.8, 4) is 5.75 Å². The highest BCUT2D eigenvalue weighted by Gasteiger charge is 2.37. The Bertz CT molecular complexity index is 805. The Morgan fingerprint density at radius 1 is 0.964 bits per heavy atom. The van der Waals surface area contributed by atoms with Gasteiger partial charge in [-0.15, -0.1) is 0 Å². The van der Waals surface area contributed by atoms with Crippen LogP contribution in [0.1, 0.15) is 18.1 Å². The fourth-order valence-corrected chi connectivity index (χ4v) is 2.25. The second-order valence-corrected chi connectivity index (χ2v) is 6.04. The van der Waals surface area contributed by atoms with Crippen LogP contribution in [0.2, 0.25) is 5.02 Å². The van der Waals surface area contributed by atoms with E-state index in [0.29, 0.717) is 22.9 Å². The van der Waals surface area contributed by atoms with Gasteiger partial charge in [-0.05, 0) is 49.4 Å². The van der Waals surface area contributed by atoms with Gasteiger partial charge in [0.2, 0.25) is 0 Å². The summed E-state index contributed by atoms with van der Waals surface area (Å²) >= 11 is 5.72. The molecular weight excluding hydrogens is 414 g/mol. The van der Waals surface area contributed by atoms with E-state index in [1.807, 2.05) is 5.32 Å². The third kappa shape index (κ3) is 6.22. The molecule has 2 aromatic carbocycles. The van der Waals surface area contributed by atoms with Gasteiger partial charge < -0.3 is 15.4 Å². The molecule has 0 heterocycles. The zero-order valence-electron chi connectivity index (χ0n) is 14.1. The molecule has 0 aliphatic rings. The van der Waals surface area contributed by atoms with Crippen LogP contribution in [0.3, 0.4) is 0 Å². The first kappa shape index (κ1) is 21.7. The van der Waals surface area contributed by atoms with Crippen LogP contribution in [0.15, 0.2) is 42.5 Å². The van der Waals surface area contributed by atoms with Gasteiger partial charge in [0.15, 0.2) is 6.23 Å². The van der Waals surface area contributed by atoms with E-state index in [0.717, 1.165) is 0 Å². The summed E-state index contributed by atoms with van der Waals surface area (Å²) < 4.78 is 82.3. The molecule has 0 aliphatic carbocycles. The molecule has 1 unspecified atom stereocenters. The number of hydrogen-bond donors (Lipinski definition) is 2. The molecule has 0 saturated heterocycles. The molecule has 1 atom stereocenters. The summed E-state index contributed by atoms with van der Waals surface area (Å²) in [6.45, 7) is 1.42. The number of nitrogens with one attached hydrogen (secondary N) is 2. The highest BCUT2D eigenvalue weighted by Crippen LogP contribution is 2.37. The van der Waals surface area contributed by atoms with Crippen molar-refractivity contribution in [2.45, 2.75) is 25.5 Å². The molecule has 0 bridgehead atoms. The summed E-state index contributed by atoms with van der Waals surface area (Å²) in [6, 6.07) is 5.82. The molecule has 0 spiro atoms. The molecule has 0 saturated carbocycles. The van der Waals surface area contributed by atoms with Crippen molar-refractivity contribution >= 4 is 23.3 Å². The lowest BCUT2D eigenvalue weighted by atomic mass is 10.1. The number of hydrogen-bond acceptors (Lipinski definition) is 2. The van der Waals surface area contributed by atoms with E-state index < -0.39 is 41.4 Å². The van der Waals surface area contributed by atoms with Crippen molar-refractivity contribution in [2.75, 3.05) is 5.32 Å². The SMILES string of the molecule is CC(NC(=O)Nc1cc(C(F)(F)F)cc(C(F)(F)F)c1)Oc1ccc(Cl)cc1. The predicted molar refractivity (Wildman–Crippen MR) is 90.1 cm³/mol. The van der Waals surface area contributed by atoms with Gasteiger partial charge in [-0.3, -0.25) is 0 Å². The third-order valence-corrected chi connectivity index (χ3v) is 3.56. The fourth-order valence-electron chi connectivity index (χ4n) is 2.13. The molecule has 0 fully saturated rings. The monoisotopic (exact) mass is 426 g/mol. The van der Waals surface area contributed by atoms with Crippen LogP contribution in [0.4, 0.5) is 36.8 Å². The van der Waals surface area contributed by atoms with Gasteiger partial charge in [0.05, 0.1) is 11.1 Å². The van der Waals surface area contributed by atoms with Crippen molar-refractivity contribution in [3.05, 3.63) is 58.6 Å². The van der Waals surface area contributed by atoms with E-state index in [1.165, 1.54) is 31.2 Å². The summed E-state index contributed by atoms with van der Waals surface area (Å²) in [6.07, 6.45) is -11.0. The number of amides is 2. The molecule has 2 rings (SSSR count). The minimum atomic E-state index is -5.01. The van der Waals surface area contributed by atoms with Crippen LogP contribution in [-0.4, -0.2) is 12.3 Å². The van der Waals surface area contributed by atoms with Gasteiger partial charge in [-0.2, -0.15) is 26.3 Å². The average molecular weight is 427 g/mol. The zero-order chi connectivity index (χ0) is 21.1. The van der Waals surface area contributed by atoms with Crippen LogP contribution in [-0.2, 0) is 12.4 Å². The maximum absolute atomic E-state index is 12.8. The lowest BCUT2D eigenvalue weighted by molar-refractivity contribution is -0.143. The van der Waals surface area contributed by atoms with Crippen molar-refractivity contribution < 1.29 is 35.9 Å². The van der Waals surface area contributed by atoms with Crippen LogP contribution >= 0.6 is 11.6 Å². The standard InChI is InChI=1S/C17H13ClF6N2O2/c1-9(28-14-4-2-12(18)3-5-14)25-15(27)26-13-7-10(16(19,20)21)6-11(8-13)17(22,23)24/h2-9H,1H3,(H2,25,26,27). The Balaban J connectivity index is 2.10. The van der Waals surface area contributed by atoms with Crippen molar-refractivity contribution in [2.24, 2.45) is 0 Å². The van der Waals surface area contributed by atoms with E-state index in [9.17, 15) is 31.1 Å². The number of alkyl halides is 6. The summed E-state index contributed by atoms with van der Waals surface area (Å²) in [4.78, 5) is 11.9. The third-order valence-electron chi connectivity index (χ3n) is 3.31. The number of rotatable bonds is 4. The van der Waals surface area contributed by atoms with Crippen LogP contribution in [0, 0.1) is 0 Å². The molecular formula is C17H13ClF6N2O2. The highest BCUT2D eigenvalue weighted by atomic mass is 35.5. The van der Waals surface area contributed by atoms with Crippen molar-refractivity contribution in [3.63, 3.8) is 0 Å². The molecule has 4 nitrogen and oxygen atoms in total. The first-order valence-corrected chi connectivity index (χ1v) is 8.01. The second kappa shape index (κ2) is 8.17. The molecule has 11 heteroatoms. The van der Waals surface area contributed by atoms with Crippen LogP contribution in [0.25, 0.3) is 0 Å². The molecule has 2 amide bonds. The van der Waals surface area contributed by atoms with E-state index in [-0.39, 0.29) is 6.07 Å². The van der Waals surface area contributed by atoms with Crippen LogP contribution in [0.5, 0.6) is 5.75 Å². The Morgan fingerprint density at radius 3 is 1.93 bits per heavy atom. The minimum absolute atomic E-state index is 0.0324. The predicted octanol–water partition coefficient (Wildman–Crippen LogP) is 5.92. The minimum Gasteiger partial charge on any atom is -0.471 e. The lowest BCUT2D eigenvalue weighted by Crippen LogP contribution is -2.39. The Kier molecular flexibility index (Phi) is 6.33. The van der Waals surface area contributed by atoms with Crippen LogP contribution < -0.4 is 15.4 Å². The number of ether oxygens (including phenoxy) is 1. The number of carbonyl (C=O) groups is 1. The number of benzene rings is 2. The summed E-state index contributed by atoms with van der Waals surface area (Å²) in [5.41, 5.74) is -3.75. The first-order valence-electron chi connectivity index (χ1n) is 7.64. The quantitative estimate of drug-likeness (QED) is 0.470. The number of carbonyl (C=O) groups excluding carboxylic acids is 1. The summed E-state index contributed by atoms with van der Waals surface area (Å²) in [5, 5.41) is 4.64. The summed E-state index contributed by atoms with van der Waals surface area (Å²) in [5.74, 6) is 0.343. The van der Waals surface area contributed by atoms with Gasteiger partial charge in [-0.25, -0.2) is 4.79 Å². The maximum Gasteiger partial charge on any atom is 0.416 e. The van der Waals surface area contributed by atoms with Gasteiger partial charge in [0.25, 0.3) is 0 Å². The molecule has 28 heavy (non-hydrogen) atoms. The largest absolute Gasteiger partial charge is 0.471 e. The molecule has 2 N–H and O–H groups in total. The second-order valence-electron chi connectivity index (χ2n) is 5.61. The zero-order valence-corrected chi connectivity index (χ0v) is 14.8. The fraction of sp³-hybridized carbons (Fsp3) is 0.235. The van der Waals surface area contributed by atoms with E-state index in [4.69, 9.17) is 16.3 Å². The van der Waals surface area contributed by atoms with Gasteiger partial charge in [0.1, 0.15) is 5.75 Å². The van der Waals surface area contributed by atoms with E-state index >= 15 is 0 Å². The Hall–Kier alpha value is -2.62. The summed E-state index contributed by atoms with van der Waals surface area (Å²) in [7, 11) is 0. The Morgan fingerprint density at radius 2 is 1.46 bits per heavy atom. The van der Waals surface area contributed by atoms with Crippen molar-refractivity contribution in [1.82, 2.24) is 5.32 Å². The lowest BCUT2D eigenvalue weighted by Gasteiger charge is -2.18. The van der Waals surface area contributed by atoms with Gasteiger partial charge in [0, 0.05) is 10.7 Å². The van der Waals surface area contributed by atoms with Crippen molar-refractivity contribution in [1.29, 1.82) is 0 Å². The normalized spacial score (nSPS) is 13.0. The molecule has 2 aromatic rings. The number of anilines is 1. The number of urea groups is 1. The van der Waals surface area contributed by atoms with E-state index in [2.05, 4.69) is 5.32 Å². The highest BCUT2D eigenvalue weighted by molar-refractivity contribution is 6.30. The molecule has 152 valence electrons. The average Bonchev–Trinajstić information content (AvgIpc) is 2.55. The van der Waals surface area contributed by atoms with E-state index in [1.54, 1.807) is 0 Å². The maximum atomic E-state index is 12.8. The number of halogens is 7. The molecule has 0 radical (unpaired) electrons. The van der Waals surface area contributed by atoms with Gasteiger partial charge >= 0.3 is 18.4 Å². The molecule has 0 aliphatic heterocycles. The smallest absolute Gasteiger partial charge is 0.416 e. The van der Waals surface area contributed by atoms with Gasteiger partial charge in [-0.1, -0.05) is 11.6 Å².